The van der Waals surface area contributed by atoms with Crippen LogP contribution in [0, 0.1) is 5.41 Å². The van der Waals surface area contributed by atoms with Gasteiger partial charge in [-0.25, -0.2) is 0 Å². The Kier molecular flexibility index (Phi) is 3.74. The van der Waals surface area contributed by atoms with Crippen molar-refractivity contribution in [2.75, 3.05) is 13.1 Å². The smallest absolute Gasteiger partial charge is 0.286 e. The highest BCUT2D eigenvalue weighted by molar-refractivity contribution is 5.91. The molecule has 2 aliphatic rings. The summed E-state index contributed by atoms with van der Waals surface area (Å²) >= 11 is 0. The van der Waals surface area contributed by atoms with E-state index >= 15 is 0 Å². The first-order valence-corrected chi connectivity index (χ1v) is 7.77. The van der Waals surface area contributed by atoms with Crippen molar-refractivity contribution < 1.29 is 14.0 Å². The van der Waals surface area contributed by atoms with Crippen LogP contribution in [0.1, 0.15) is 49.6 Å². The number of likely N-dealkylation sites (tertiary alicyclic amines) is 1. The topological polar surface area (TPSA) is 62.6 Å². The molecule has 1 aromatic heterocycles. The SMILES string of the molecule is CCN1C(=O)CCC2(CNC(=O)c3ccco3)CCCC12. The van der Waals surface area contributed by atoms with Crippen LogP contribution in [0.4, 0.5) is 0 Å². The van der Waals surface area contributed by atoms with Crippen molar-refractivity contribution >= 4 is 11.8 Å². The number of piperidine rings is 1. The van der Waals surface area contributed by atoms with Crippen LogP contribution in [0.25, 0.3) is 0 Å². The van der Waals surface area contributed by atoms with E-state index in [4.69, 9.17) is 4.42 Å². The van der Waals surface area contributed by atoms with Crippen molar-refractivity contribution in [2.24, 2.45) is 5.41 Å². The number of rotatable bonds is 4. The Hall–Kier alpha value is -1.78. The van der Waals surface area contributed by atoms with Crippen molar-refractivity contribution in [3.8, 4) is 0 Å². The van der Waals surface area contributed by atoms with Crippen LogP contribution in [-0.2, 0) is 4.79 Å². The fourth-order valence-corrected chi connectivity index (χ4v) is 4.01. The summed E-state index contributed by atoms with van der Waals surface area (Å²) in [4.78, 5) is 26.1. The van der Waals surface area contributed by atoms with Gasteiger partial charge in [-0.15, -0.1) is 0 Å². The maximum absolute atomic E-state index is 12.1. The van der Waals surface area contributed by atoms with E-state index in [-0.39, 0.29) is 23.3 Å². The van der Waals surface area contributed by atoms with Gasteiger partial charge in [0.15, 0.2) is 5.76 Å². The molecule has 3 rings (SSSR count). The highest BCUT2D eigenvalue weighted by atomic mass is 16.3. The molecule has 0 bridgehead atoms. The third-order valence-corrected chi connectivity index (χ3v) is 5.08. The Morgan fingerprint density at radius 3 is 3.10 bits per heavy atom. The quantitative estimate of drug-likeness (QED) is 0.924. The zero-order chi connectivity index (χ0) is 14.9. The molecule has 2 atom stereocenters. The standard InChI is InChI=1S/C16H22N2O3/c1-2-18-13-6-3-8-16(13,9-7-14(18)19)11-17-15(20)12-5-4-10-21-12/h4-5,10,13H,2-3,6-9,11H2,1H3,(H,17,20). The fourth-order valence-electron chi connectivity index (χ4n) is 4.01. The molecule has 1 saturated carbocycles. The summed E-state index contributed by atoms with van der Waals surface area (Å²) in [5, 5.41) is 3.01. The molecule has 5 heteroatoms. The minimum Gasteiger partial charge on any atom is -0.459 e. The van der Waals surface area contributed by atoms with E-state index < -0.39 is 0 Å². The molecular weight excluding hydrogens is 268 g/mol. The lowest BCUT2D eigenvalue weighted by atomic mass is 9.74. The number of amides is 2. The number of hydrogen-bond donors (Lipinski definition) is 1. The molecule has 114 valence electrons. The molecule has 21 heavy (non-hydrogen) atoms. The molecule has 2 amide bonds. The predicted octanol–water partition coefficient (Wildman–Crippen LogP) is 2.19. The van der Waals surface area contributed by atoms with E-state index in [1.54, 1.807) is 12.1 Å². The van der Waals surface area contributed by atoms with Gasteiger partial charge < -0.3 is 14.6 Å². The highest BCUT2D eigenvalue weighted by Crippen LogP contribution is 2.47. The predicted molar refractivity (Wildman–Crippen MR) is 77.7 cm³/mol. The van der Waals surface area contributed by atoms with E-state index in [9.17, 15) is 9.59 Å². The summed E-state index contributed by atoms with van der Waals surface area (Å²) in [5.41, 5.74) is 0.0478. The summed E-state index contributed by atoms with van der Waals surface area (Å²) in [7, 11) is 0. The van der Waals surface area contributed by atoms with Gasteiger partial charge in [0, 0.05) is 31.0 Å². The number of furan rings is 1. The Balaban J connectivity index is 1.71. The van der Waals surface area contributed by atoms with Crippen LogP contribution in [0.5, 0.6) is 0 Å². The first kappa shape index (κ1) is 14.2. The van der Waals surface area contributed by atoms with E-state index in [2.05, 4.69) is 5.32 Å². The summed E-state index contributed by atoms with van der Waals surface area (Å²) in [6.45, 7) is 3.42. The van der Waals surface area contributed by atoms with Crippen LogP contribution >= 0.6 is 0 Å². The van der Waals surface area contributed by atoms with E-state index in [0.717, 1.165) is 32.2 Å². The Bertz CT molecular complexity index is 526. The summed E-state index contributed by atoms with van der Waals surface area (Å²) in [5.74, 6) is 0.442. The molecule has 0 radical (unpaired) electrons. The molecule has 2 heterocycles. The van der Waals surface area contributed by atoms with Crippen LogP contribution < -0.4 is 5.32 Å². The molecular formula is C16H22N2O3. The molecule has 1 aromatic rings. The van der Waals surface area contributed by atoms with Crippen LogP contribution in [-0.4, -0.2) is 35.8 Å². The van der Waals surface area contributed by atoms with Crippen LogP contribution in [0.3, 0.4) is 0 Å². The Morgan fingerprint density at radius 1 is 1.52 bits per heavy atom. The second kappa shape index (κ2) is 5.54. The molecule has 2 unspecified atom stereocenters. The maximum Gasteiger partial charge on any atom is 0.286 e. The van der Waals surface area contributed by atoms with Gasteiger partial charge in [-0.2, -0.15) is 0 Å². The lowest BCUT2D eigenvalue weighted by Gasteiger charge is -2.46. The van der Waals surface area contributed by atoms with Gasteiger partial charge >= 0.3 is 0 Å². The summed E-state index contributed by atoms with van der Waals surface area (Å²) < 4.78 is 5.13. The zero-order valence-electron chi connectivity index (χ0n) is 12.4. The fraction of sp³-hybridized carbons (Fsp3) is 0.625. The minimum atomic E-state index is -0.167. The first-order chi connectivity index (χ1) is 10.2. The van der Waals surface area contributed by atoms with Crippen molar-refractivity contribution in [1.82, 2.24) is 10.2 Å². The Morgan fingerprint density at radius 2 is 2.38 bits per heavy atom. The number of carbonyl (C=O) groups excluding carboxylic acids is 2. The van der Waals surface area contributed by atoms with Gasteiger partial charge in [-0.3, -0.25) is 9.59 Å². The lowest BCUT2D eigenvalue weighted by molar-refractivity contribution is -0.141. The molecule has 1 N–H and O–H groups in total. The summed E-state index contributed by atoms with van der Waals surface area (Å²) in [6, 6.07) is 3.66. The first-order valence-electron chi connectivity index (χ1n) is 7.77. The van der Waals surface area contributed by atoms with Crippen molar-refractivity contribution in [3.05, 3.63) is 24.2 Å². The summed E-state index contributed by atoms with van der Waals surface area (Å²) in [6.07, 6.45) is 6.25. The van der Waals surface area contributed by atoms with Crippen molar-refractivity contribution in [2.45, 2.75) is 45.1 Å². The van der Waals surface area contributed by atoms with Crippen molar-refractivity contribution in [3.63, 3.8) is 0 Å². The average molecular weight is 290 g/mol. The second-order valence-electron chi connectivity index (χ2n) is 6.11. The molecule has 2 fully saturated rings. The van der Waals surface area contributed by atoms with Crippen LogP contribution in [0.15, 0.2) is 22.8 Å². The Labute approximate surface area is 124 Å². The molecule has 5 nitrogen and oxygen atoms in total. The van der Waals surface area contributed by atoms with Gasteiger partial charge in [0.2, 0.25) is 5.91 Å². The van der Waals surface area contributed by atoms with Crippen LogP contribution in [0.2, 0.25) is 0 Å². The molecule has 1 aliphatic carbocycles. The highest BCUT2D eigenvalue weighted by Gasteiger charge is 2.49. The van der Waals surface area contributed by atoms with Gasteiger partial charge in [0.05, 0.1) is 6.26 Å². The maximum atomic E-state index is 12.1. The lowest BCUT2D eigenvalue weighted by Crippen LogP contribution is -2.55. The largest absolute Gasteiger partial charge is 0.459 e. The van der Waals surface area contributed by atoms with E-state index in [0.29, 0.717) is 18.7 Å². The molecule has 0 spiro atoms. The number of fused-ring (bicyclic) bond motifs is 1. The molecule has 1 aliphatic heterocycles. The monoisotopic (exact) mass is 290 g/mol. The molecule has 0 aromatic carbocycles. The van der Waals surface area contributed by atoms with Gasteiger partial charge in [-0.1, -0.05) is 6.42 Å². The number of hydrogen-bond acceptors (Lipinski definition) is 3. The third kappa shape index (κ3) is 2.45. The number of nitrogens with zero attached hydrogens (tertiary/aromatic N) is 1. The van der Waals surface area contributed by atoms with Gasteiger partial charge in [-0.05, 0) is 38.3 Å². The van der Waals surface area contributed by atoms with E-state index in [1.165, 1.54) is 6.26 Å². The third-order valence-electron chi connectivity index (χ3n) is 5.08. The van der Waals surface area contributed by atoms with Crippen molar-refractivity contribution in [1.29, 1.82) is 0 Å². The van der Waals surface area contributed by atoms with Gasteiger partial charge in [0.25, 0.3) is 5.91 Å². The van der Waals surface area contributed by atoms with Gasteiger partial charge in [0.1, 0.15) is 0 Å². The van der Waals surface area contributed by atoms with E-state index in [1.807, 2.05) is 11.8 Å². The average Bonchev–Trinajstić information content (AvgIpc) is 3.15. The molecule has 1 saturated heterocycles. The second-order valence-corrected chi connectivity index (χ2v) is 6.11. The zero-order valence-corrected chi connectivity index (χ0v) is 12.4. The number of carbonyl (C=O) groups is 2. The number of nitrogens with one attached hydrogen (secondary N) is 1. The normalized spacial score (nSPS) is 28.5. The minimum absolute atomic E-state index is 0.0478.